The lowest BCUT2D eigenvalue weighted by Crippen LogP contribution is -2.47. The summed E-state index contributed by atoms with van der Waals surface area (Å²) in [5.41, 5.74) is -0.437. The fourth-order valence-electron chi connectivity index (χ4n) is 4.44. The van der Waals surface area contributed by atoms with Gasteiger partial charge in [-0.1, -0.05) is 0 Å². The Kier molecular flexibility index (Phi) is 10.6. The molecule has 180 valence electrons. The second-order valence-corrected chi connectivity index (χ2v) is 9.64. The molecule has 0 bridgehead atoms. The molecular formula is C22H42IN5O3. The van der Waals surface area contributed by atoms with Crippen molar-refractivity contribution in [2.24, 2.45) is 10.9 Å². The number of carbonyl (C=O) groups is 1. The molecular weight excluding hydrogens is 509 g/mol. The van der Waals surface area contributed by atoms with Gasteiger partial charge in [-0.05, 0) is 52.9 Å². The van der Waals surface area contributed by atoms with E-state index in [4.69, 9.17) is 14.5 Å². The van der Waals surface area contributed by atoms with E-state index in [9.17, 15) is 4.79 Å². The Morgan fingerprint density at radius 1 is 1.06 bits per heavy atom. The number of ether oxygens (including phenoxy) is 2. The number of nitrogens with one attached hydrogen (secondary N) is 1. The first-order valence-electron chi connectivity index (χ1n) is 11.7. The Bertz CT molecular complexity index is 584. The van der Waals surface area contributed by atoms with Crippen molar-refractivity contribution in [2.45, 2.75) is 58.6 Å². The minimum absolute atomic E-state index is 0. The van der Waals surface area contributed by atoms with Crippen molar-refractivity contribution in [3.8, 4) is 0 Å². The Morgan fingerprint density at radius 2 is 1.71 bits per heavy atom. The van der Waals surface area contributed by atoms with E-state index >= 15 is 0 Å². The summed E-state index contributed by atoms with van der Waals surface area (Å²) in [5.74, 6) is 1.57. The summed E-state index contributed by atoms with van der Waals surface area (Å²) in [6, 6.07) is 0.606. The quantitative estimate of drug-likeness (QED) is 0.329. The molecule has 3 fully saturated rings. The highest BCUT2D eigenvalue weighted by molar-refractivity contribution is 14.0. The molecule has 9 heteroatoms. The highest BCUT2D eigenvalue weighted by atomic mass is 127. The molecule has 3 saturated heterocycles. The number of aliphatic imine (C=N–C) groups is 1. The number of nitrogens with zero attached hydrogens (tertiary/aromatic N) is 4. The summed E-state index contributed by atoms with van der Waals surface area (Å²) in [6.45, 7) is 17.0. The van der Waals surface area contributed by atoms with Crippen molar-refractivity contribution >= 4 is 36.0 Å². The Morgan fingerprint density at radius 3 is 2.32 bits per heavy atom. The summed E-state index contributed by atoms with van der Waals surface area (Å²) in [7, 11) is 0. The average molecular weight is 552 g/mol. The van der Waals surface area contributed by atoms with Gasteiger partial charge in [0.25, 0.3) is 0 Å². The third-order valence-corrected chi connectivity index (χ3v) is 6.13. The third-order valence-electron chi connectivity index (χ3n) is 6.13. The van der Waals surface area contributed by atoms with Gasteiger partial charge in [0, 0.05) is 58.4 Å². The summed E-state index contributed by atoms with van der Waals surface area (Å²) < 4.78 is 11.0. The molecule has 31 heavy (non-hydrogen) atoms. The highest BCUT2D eigenvalue weighted by Crippen LogP contribution is 2.21. The molecule has 0 radical (unpaired) electrons. The number of amides is 1. The van der Waals surface area contributed by atoms with E-state index in [-0.39, 0.29) is 30.1 Å². The molecule has 0 aromatic rings. The van der Waals surface area contributed by atoms with Gasteiger partial charge in [0.15, 0.2) is 5.96 Å². The predicted molar refractivity (Wildman–Crippen MR) is 134 cm³/mol. The van der Waals surface area contributed by atoms with Gasteiger partial charge in [0.2, 0.25) is 0 Å². The maximum absolute atomic E-state index is 12.3. The topological polar surface area (TPSA) is 69.6 Å². The van der Waals surface area contributed by atoms with E-state index < -0.39 is 5.60 Å². The maximum Gasteiger partial charge on any atom is 0.410 e. The van der Waals surface area contributed by atoms with E-state index in [1.54, 1.807) is 0 Å². The van der Waals surface area contributed by atoms with Crippen LogP contribution in [-0.2, 0) is 9.47 Å². The number of piperidine rings is 1. The molecule has 0 aromatic heterocycles. The number of carbonyl (C=O) groups excluding carboxylic acids is 1. The Labute approximate surface area is 205 Å². The van der Waals surface area contributed by atoms with Gasteiger partial charge >= 0.3 is 6.09 Å². The molecule has 3 aliphatic heterocycles. The Hall–Kier alpha value is -0.810. The van der Waals surface area contributed by atoms with Crippen molar-refractivity contribution in [1.29, 1.82) is 0 Å². The first kappa shape index (κ1) is 26.4. The molecule has 3 heterocycles. The van der Waals surface area contributed by atoms with Crippen LogP contribution in [-0.4, -0.2) is 104 Å². The van der Waals surface area contributed by atoms with Crippen LogP contribution in [0.25, 0.3) is 0 Å². The number of morpholine rings is 1. The minimum Gasteiger partial charge on any atom is -0.444 e. The summed E-state index contributed by atoms with van der Waals surface area (Å²) in [6.07, 6.45) is 2.97. The molecule has 3 aliphatic rings. The maximum atomic E-state index is 12.3. The molecule has 0 spiro atoms. The van der Waals surface area contributed by atoms with Crippen LogP contribution in [0, 0.1) is 5.92 Å². The zero-order valence-electron chi connectivity index (χ0n) is 19.8. The first-order chi connectivity index (χ1) is 14.4. The van der Waals surface area contributed by atoms with Gasteiger partial charge in [-0.3, -0.25) is 9.89 Å². The lowest BCUT2D eigenvalue weighted by molar-refractivity contribution is 0.0185. The van der Waals surface area contributed by atoms with Crippen LogP contribution in [0.5, 0.6) is 0 Å². The molecule has 1 atom stereocenters. The number of halogens is 1. The zero-order chi connectivity index (χ0) is 21.6. The van der Waals surface area contributed by atoms with Gasteiger partial charge in [0.1, 0.15) is 5.60 Å². The van der Waals surface area contributed by atoms with E-state index in [0.29, 0.717) is 12.0 Å². The molecule has 1 N–H and O–H groups in total. The van der Waals surface area contributed by atoms with Gasteiger partial charge in [0.05, 0.1) is 13.2 Å². The number of hydrogen-bond donors (Lipinski definition) is 1. The number of guanidine groups is 1. The van der Waals surface area contributed by atoms with E-state index in [2.05, 4.69) is 22.0 Å². The van der Waals surface area contributed by atoms with Crippen LogP contribution in [0.1, 0.15) is 47.0 Å². The minimum atomic E-state index is -0.437. The predicted octanol–water partition coefficient (Wildman–Crippen LogP) is 2.62. The summed E-state index contributed by atoms with van der Waals surface area (Å²) in [5, 5.41) is 3.49. The third kappa shape index (κ3) is 8.24. The second kappa shape index (κ2) is 12.4. The lowest BCUT2D eigenvalue weighted by atomic mass is 9.97. The lowest BCUT2D eigenvalue weighted by Gasteiger charge is -2.33. The van der Waals surface area contributed by atoms with Gasteiger partial charge in [-0.25, -0.2) is 4.79 Å². The molecule has 0 aliphatic carbocycles. The van der Waals surface area contributed by atoms with E-state index in [0.717, 1.165) is 84.4 Å². The van der Waals surface area contributed by atoms with Crippen molar-refractivity contribution in [2.75, 3.05) is 65.6 Å². The highest BCUT2D eigenvalue weighted by Gasteiger charge is 2.31. The molecule has 0 saturated carbocycles. The molecule has 3 rings (SSSR count). The van der Waals surface area contributed by atoms with Crippen LogP contribution >= 0.6 is 24.0 Å². The van der Waals surface area contributed by atoms with Crippen LogP contribution in [0.2, 0.25) is 0 Å². The van der Waals surface area contributed by atoms with Crippen molar-refractivity contribution in [1.82, 2.24) is 20.0 Å². The van der Waals surface area contributed by atoms with Crippen LogP contribution < -0.4 is 5.32 Å². The van der Waals surface area contributed by atoms with Crippen molar-refractivity contribution in [3.05, 3.63) is 0 Å². The average Bonchev–Trinajstić information content (AvgIpc) is 3.21. The standard InChI is InChI=1S/C22H41N5O3.HI/c1-5-23-20(27-11-8-19(17-27)25-12-14-29-15-13-25)24-16-18-6-9-26(10-7-18)21(28)30-22(2,3)4;/h18-19H,5-17H2,1-4H3,(H,23,24);1H. The second-order valence-electron chi connectivity index (χ2n) is 9.64. The molecule has 1 amide bonds. The van der Waals surface area contributed by atoms with Crippen molar-refractivity contribution in [3.63, 3.8) is 0 Å². The molecule has 8 nitrogen and oxygen atoms in total. The number of likely N-dealkylation sites (tertiary alicyclic amines) is 2. The zero-order valence-corrected chi connectivity index (χ0v) is 22.1. The van der Waals surface area contributed by atoms with Crippen molar-refractivity contribution < 1.29 is 14.3 Å². The largest absolute Gasteiger partial charge is 0.444 e. The summed E-state index contributed by atoms with van der Waals surface area (Å²) >= 11 is 0. The fourth-order valence-corrected chi connectivity index (χ4v) is 4.44. The monoisotopic (exact) mass is 551 g/mol. The Balaban J connectivity index is 0.00000341. The van der Waals surface area contributed by atoms with Crippen LogP contribution in [0.4, 0.5) is 4.79 Å². The van der Waals surface area contributed by atoms with Crippen LogP contribution in [0.3, 0.4) is 0 Å². The van der Waals surface area contributed by atoms with Gasteiger partial charge < -0.3 is 24.6 Å². The van der Waals surface area contributed by atoms with E-state index in [1.165, 1.54) is 6.42 Å². The SMILES string of the molecule is CCNC(=NCC1CCN(C(=O)OC(C)(C)C)CC1)N1CCC(N2CCOCC2)C1.I. The van der Waals surface area contributed by atoms with E-state index in [1.807, 2.05) is 25.7 Å². The number of hydrogen-bond acceptors (Lipinski definition) is 5. The summed E-state index contributed by atoms with van der Waals surface area (Å²) in [4.78, 5) is 24.1. The molecule has 0 aromatic carbocycles. The molecule has 1 unspecified atom stereocenters. The smallest absolute Gasteiger partial charge is 0.410 e. The first-order valence-corrected chi connectivity index (χ1v) is 11.7. The number of rotatable bonds is 4. The van der Waals surface area contributed by atoms with Crippen LogP contribution in [0.15, 0.2) is 4.99 Å². The van der Waals surface area contributed by atoms with Gasteiger partial charge in [-0.15, -0.1) is 24.0 Å². The van der Waals surface area contributed by atoms with Gasteiger partial charge in [-0.2, -0.15) is 0 Å². The fraction of sp³-hybridized carbons (Fsp3) is 0.909. The normalized spacial score (nSPS) is 24.1.